The highest BCUT2D eigenvalue weighted by Gasteiger charge is 2.47. The molecule has 78 valence electrons. The molecule has 1 saturated heterocycles. The van der Waals surface area contributed by atoms with E-state index in [2.05, 4.69) is 49.4 Å². The van der Waals surface area contributed by atoms with E-state index >= 15 is 0 Å². The zero-order valence-electron chi connectivity index (χ0n) is 9.10. The molecular weight excluding hydrogens is 196 g/mol. The monoisotopic (exact) mass is 208 g/mol. The number of benzene rings is 2. The first kappa shape index (κ1) is 8.54. The van der Waals surface area contributed by atoms with Gasteiger partial charge in [0.15, 0.2) is 0 Å². The molecule has 1 heteroatoms. The average molecular weight is 208 g/mol. The first-order chi connectivity index (χ1) is 7.86. The highest BCUT2D eigenvalue weighted by Crippen LogP contribution is 2.59. The van der Waals surface area contributed by atoms with Gasteiger partial charge >= 0.3 is 0 Å². The van der Waals surface area contributed by atoms with Crippen LogP contribution in [0.5, 0.6) is 0 Å². The van der Waals surface area contributed by atoms with Crippen molar-refractivity contribution < 1.29 is 4.74 Å². The van der Waals surface area contributed by atoms with E-state index in [1.165, 1.54) is 27.8 Å². The molecule has 2 unspecified atom stereocenters. The lowest BCUT2D eigenvalue weighted by Crippen LogP contribution is -2.00. The molecule has 16 heavy (non-hydrogen) atoms. The molecule has 0 amide bonds. The largest absolute Gasteiger partial charge is 0.359 e. The summed E-state index contributed by atoms with van der Waals surface area (Å²) in [5.41, 5.74) is 6.81. The van der Waals surface area contributed by atoms with Crippen molar-refractivity contribution in [3.8, 4) is 11.1 Å². The summed E-state index contributed by atoms with van der Waals surface area (Å²) < 4.78 is 5.79. The molecule has 0 saturated carbocycles. The van der Waals surface area contributed by atoms with Crippen molar-refractivity contribution in [2.24, 2.45) is 0 Å². The van der Waals surface area contributed by atoms with E-state index in [0.717, 1.165) is 0 Å². The summed E-state index contributed by atoms with van der Waals surface area (Å²) in [7, 11) is 0. The van der Waals surface area contributed by atoms with E-state index in [9.17, 15) is 0 Å². The van der Waals surface area contributed by atoms with E-state index in [1.807, 2.05) is 0 Å². The quantitative estimate of drug-likeness (QED) is 0.600. The molecular formula is C15H12O. The smallest absolute Gasteiger partial charge is 0.114 e. The molecule has 4 rings (SSSR count). The number of rotatable bonds is 0. The maximum atomic E-state index is 5.79. The number of fused-ring (bicyclic) bond motifs is 6. The van der Waals surface area contributed by atoms with Gasteiger partial charge in [-0.15, -0.1) is 0 Å². The van der Waals surface area contributed by atoms with Gasteiger partial charge in [-0.05, 0) is 34.7 Å². The first-order valence-electron chi connectivity index (χ1n) is 5.70. The fourth-order valence-electron chi connectivity index (χ4n) is 2.85. The summed E-state index contributed by atoms with van der Waals surface area (Å²) in [6.45, 7) is 2.18. The van der Waals surface area contributed by atoms with Crippen molar-refractivity contribution >= 4 is 0 Å². The van der Waals surface area contributed by atoms with Crippen LogP contribution in [0.2, 0.25) is 0 Å². The van der Waals surface area contributed by atoms with Crippen molar-refractivity contribution in [2.75, 3.05) is 0 Å². The Labute approximate surface area is 94.7 Å². The van der Waals surface area contributed by atoms with Gasteiger partial charge in [-0.2, -0.15) is 0 Å². The molecule has 1 aliphatic carbocycles. The average Bonchev–Trinajstić information content (AvgIpc) is 3.09. The third-order valence-electron chi connectivity index (χ3n) is 3.64. The molecule has 1 nitrogen and oxygen atoms in total. The van der Waals surface area contributed by atoms with Crippen LogP contribution in [-0.2, 0) is 4.74 Å². The molecule has 1 heterocycles. The minimum Gasteiger partial charge on any atom is -0.359 e. The van der Waals surface area contributed by atoms with Crippen LogP contribution in [0, 0.1) is 6.92 Å². The number of epoxide rings is 1. The van der Waals surface area contributed by atoms with Gasteiger partial charge in [0.25, 0.3) is 0 Å². The van der Waals surface area contributed by atoms with Crippen LogP contribution in [0.15, 0.2) is 42.5 Å². The number of aryl methyl sites for hydroxylation is 1. The number of hydrogen-bond donors (Lipinski definition) is 0. The topological polar surface area (TPSA) is 12.5 Å². The van der Waals surface area contributed by atoms with Gasteiger partial charge in [0.2, 0.25) is 0 Å². The second-order valence-electron chi connectivity index (χ2n) is 4.60. The predicted molar refractivity (Wildman–Crippen MR) is 63.2 cm³/mol. The standard InChI is InChI=1S/C15H12O/c1-9-5-4-8-12-13(9)10-6-2-3-7-11(10)14-15(12)16-14/h2-8,14-15H,1H3. The van der Waals surface area contributed by atoms with E-state index < -0.39 is 0 Å². The SMILES string of the molecule is Cc1cccc2c1-c1ccccc1C1OC21. The second-order valence-corrected chi connectivity index (χ2v) is 4.60. The van der Waals surface area contributed by atoms with Gasteiger partial charge in [0.05, 0.1) is 0 Å². The summed E-state index contributed by atoms with van der Waals surface area (Å²) in [6, 6.07) is 15.1. The lowest BCUT2D eigenvalue weighted by molar-refractivity contribution is 0.380. The minimum atomic E-state index is 0.310. The number of ether oxygens (including phenoxy) is 1. The minimum absolute atomic E-state index is 0.310. The van der Waals surface area contributed by atoms with Crippen molar-refractivity contribution in [3.05, 3.63) is 59.2 Å². The summed E-state index contributed by atoms with van der Waals surface area (Å²) >= 11 is 0. The van der Waals surface area contributed by atoms with Crippen LogP contribution in [0.3, 0.4) is 0 Å². The molecule has 0 radical (unpaired) electrons. The van der Waals surface area contributed by atoms with Crippen LogP contribution in [0.25, 0.3) is 11.1 Å². The Morgan fingerprint density at radius 3 is 2.56 bits per heavy atom. The van der Waals surface area contributed by atoms with Crippen LogP contribution in [-0.4, -0.2) is 0 Å². The van der Waals surface area contributed by atoms with Gasteiger partial charge < -0.3 is 4.74 Å². The number of hydrogen-bond acceptors (Lipinski definition) is 1. The van der Waals surface area contributed by atoms with Crippen molar-refractivity contribution in [2.45, 2.75) is 19.1 Å². The van der Waals surface area contributed by atoms with Crippen molar-refractivity contribution in [1.82, 2.24) is 0 Å². The maximum Gasteiger partial charge on any atom is 0.114 e. The highest BCUT2D eigenvalue weighted by atomic mass is 16.6. The fourth-order valence-corrected chi connectivity index (χ4v) is 2.85. The fraction of sp³-hybridized carbons (Fsp3) is 0.200. The van der Waals surface area contributed by atoms with Gasteiger partial charge in [-0.1, -0.05) is 42.5 Å². The Balaban J connectivity index is 2.11. The lowest BCUT2D eigenvalue weighted by atomic mass is 9.83. The molecule has 2 aromatic rings. The Morgan fingerprint density at radius 1 is 0.875 bits per heavy atom. The van der Waals surface area contributed by atoms with Crippen molar-refractivity contribution in [1.29, 1.82) is 0 Å². The highest BCUT2D eigenvalue weighted by molar-refractivity contribution is 5.78. The predicted octanol–water partition coefficient (Wildman–Crippen LogP) is 3.79. The molecule has 0 bridgehead atoms. The van der Waals surface area contributed by atoms with E-state index in [4.69, 9.17) is 4.74 Å². The molecule has 0 N–H and O–H groups in total. The van der Waals surface area contributed by atoms with Crippen molar-refractivity contribution in [3.63, 3.8) is 0 Å². The molecule has 1 aliphatic heterocycles. The summed E-state index contributed by atoms with van der Waals surface area (Å²) in [5, 5.41) is 0. The van der Waals surface area contributed by atoms with Crippen LogP contribution < -0.4 is 0 Å². The summed E-state index contributed by atoms with van der Waals surface area (Å²) in [6.07, 6.45) is 0.621. The zero-order valence-corrected chi connectivity index (χ0v) is 9.10. The Kier molecular flexibility index (Phi) is 1.46. The lowest BCUT2D eigenvalue weighted by Gasteiger charge is -2.18. The molecule has 2 aromatic carbocycles. The van der Waals surface area contributed by atoms with Crippen LogP contribution in [0.1, 0.15) is 28.9 Å². The van der Waals surface area contributed by atoms with Gasteiger partial charge in [0.1, 0.15) is 12.2 Å². The first-order valence-corrected chi connectivity index (χ1v) is 5.70. The molecule has 2 atom stereocenters. The third-order valence-corrected chi connectivity index (χ3v) is 3.64. The van der Waals surface area contributed by atoms with Crippen LogP contribution >= 0.6 is 0 Å². The van der Waals surface area contributed by atoms with E-state index in [0.29, 0.717) is 12.2 Å². The van der Waals surface area contributed by atoms with E-state index in [-0.39, 0.29) is 0 Å². The molecule has 0 spiro atoms. The molecule has 0 aromatic heterocycles. The van der Waals surface area contributed by atoms with Crippen LogP contribution in [0.4, 0.5) is 0 Å². The second kappa shape index (κ2) is 2.74. The Bertz CT molecular complexity index is 586. The molecule has 1 fully saturated rings. The van der Waals surface area contributed by atoms with Gasteiger partial charge in [-0.25, -0.2) is 0 Å². The van der Waals surface area contributed by atoms with Gasteiger partial charge in [-0.3, -0.25) is 0 Å². The van der Waals surface area contributed by atoms with Gasteiger partial charge in [0, 0.05) is 0 Å². The third kappa shape index (κ3) is 0.940. The Hall–Kier alpha value is -1.60. The maximum absolute atomic E-state index is 5.79. The summed E-state index contributed by atoms with van der Waals surface area (Å²) in [5.74, 6) is 0. The summed E-state index contributed by atoms with van der Waals surface area (Å²) in [4.78, 5) is 0. The molecule has 2 aliphatic rings. The van der Waals surface area contributed by atoms with E-state index in [1.54, 1.807) is 0 Å². The Morgan fingerprint density at radius 2 is 1.62 bits per heavy atom. The zero-order chi connectivity index (χ0) is 10.7. The normalized spacial score (nSPS) is 24.3.